The van der Waals surface area contributed by atoms with Crippen LogP contribution in [0.3, 0.4) is 0 Å². The van der Waals surface area contributed by atoms with E-state index in [9.17, 15) is 9.90 Å². The van der Waals surface area contributed by atoms with Crippen molar-refractivity contribution in [2.75, 3.05) is 11.9 Å². The number of rotatable bonds is 3. The summed E-state index contributed by atoms with van der Waals surface area (Å²) in [6, 6.07) is 7.70. The standard InChI is InChI=1S/C13H17NO3/c1-9-3-5-11(6-4-9)14-13(12(15)16)7-8-17-10(13)2/h3-6,10,14H,7-8H2,1-2H3,(H,15,16). The molecular weight excluding hydrogens is 218 g/mol. The van der Waals surface area contributed by atoms with E-state index in [0.717, 1.165) is 11.3 Å². The van der Waals surface area contributed by atoms with E-state index in [1.165, 1.54) is 0 Å². The zero-order valence-electron chi connectivity index (χ0n) is 10.1. The normalized spacial score (nSPS) is 28.0. The molecule has 0 aliphatic carbocycles. The van der Waals surface area contributed by atoms with Crippen LogP contribution in [-0.4, -0.2) is 29.3 Å². The highest BCUT2D eigenvalue weighted by atomic mass is 16.5. The first kappa shape index (κ1) is 11.9. The zero-order valence-corrected chi connectivity index (χ0v) is 10.1. The van der Waals surface area contributed by atoms with E-state index in [1.807, 2.05) is 31.2 Å². The van der Waals surface area contributed by atoms with E-state index >= 15 is 0 Å². The molecule has 2 N–H and O–H groups in total. The Kier molecular flexibility index (Phi) is 3.07. The maximum absolute atomic E-state index is 11.5. The Morgan fingerprint density at radius 3 is 2.59 bits per heavy atom. The van der Waals surface area contributed by atoms with Gasteiger partial charge in [0.15, 0.2) is 5.54 Å². The first-order valence-corrected chi connectivity index (χ1v) is 5.74. The Morgan fingerprint density at radius 1 is 1.47 bits per heavy atom. The van der Waals surface area contributed by atoms with E-state index in [1.54, 1.807) is 6.92 Å². The van der Waals surface area contributed by atoms with E-state index in [0.29, 0.717) is 13.0 Å². The number of aryl methyl sites for hydroxylation is 1. The molecular formula is C13H17NO3. The van der Waals surface area contributed by atoms with Crippen molar-refractivity contribution in [1.29, 1.82) is 0 Å². The molecule has 1 aliphatic rings. The van der Waals surface area contributed by atoms with Crippen molar-refractivity contribution in [1.82, 2.24) is 0 Å². The summed E-state index contributed by atoms with van der Waals surface area (Å²) in [6.07, 6.45) is 0.151. The van der Waals surface area contributed by atoms with Gasteiger partial charge in [0.1, 0.15) is 0 Å². The van der Waals surface area contributed by atoms with Gasteiger partial charge in [-0.25, -0.2) is 4.79 Å². The molecule has 0 bridgehead atoms. The molecule has 0 saturated carbocycles. The molecule has 92 valence electrons. The maximum Gasteiger partial charge on any atom is 0.332 e. The SMILES string of the molecule is Cc1ccc(NC2(C(=O)O)CCOC2C)cc1. The first-order chi connectivity index (χ1) is 8.04. The maximum atomic E-state index is 11.5. The molecule has 2 unspecified atom stereocenters. The molecule has 1 heterocycles. The lowest BCUT2D eigenvalue weighted by molar-refractivity contribution is -0.143. The van der Waals surface area contributed by atoms with Gasteiger partial charge in [-0.3, -0.25) is 0 Å². The number of carboxylic acids is 1. The summed E-state index contributed by atoms with van der Waals surface area (Å²) in [7, 11) is 0. The highest BCUT2D eigenvalue weighted by Crippen LogP contribution is 2.30. The smallest absolute Gasteiger partial charge is 0.332 e. The Bertz CT molecular complexity index is 415. The molecule has 1 aromatic carbocycles. The fourth-order valence-corrected chi connectivity index (χ4v) is 2.14. The number of anilines is 1. The number of carboxylic acid groups (broad SMARTS) is 1. The lowest BCUT2D eigenvalue weighted by Crippen LogP contribution is -2.51. The second-order valence-electron chi connectivity index (χ2n) is 4.53. The summed E-state index contributed by atoms with van der Waals surface area (Å²) in [6.45, 7) is 4.27. The van der Waals surface area contributed by atoms with E-state index in [4.69, 9.17) is 4.74 Å². The van der Waals surface area contributed by atoms with E-state index < -0.39 is 11.5 Å². The van der Waals surface area contributed by atoms with Crippen molar-refractivity contribution in [3.05, 3.63) is 29.8 Å². The molecule has 0 amide bonds. The molecule has 2 rings (SSSR count). The van der Waals surface area contributed by atoms with Gasteiger partial charge in [-0.2, -0.15) is 0 Å². The Morgan fingerprint density at radius 2 is 2.12 bits per heavy atom. The van der Waals surface area contributed by atoms with Crippen LogP contribution in [0.15, 0.2) is 24.3 Å². The quantitative estimate of drug-likeness (QED) is 0.841. The van der Waals surface area contributed by atoms with Gasteiger partial charge in [0.25, 0.3) is 0 Å². The minimum Gasteiger partial charge on any atom is -0.479 e. The van der Waals surface area contributed by atoms with Crippen molar-refractivity contribution >= 4 is 11.7 Å². The first-order valence-electron chi connectivity index (χ1n) is 5.74. The van der Waals surface area contributed by atoms with Crippen LogP contribution < -0.4 is 5.32 Å². The molecule has 1 saturated heterocycles. The Balaban J connectivity index is 2.24. The van der Waals surface area contributed by atoms with Crippen LogP contribution in [0.1, 0.15) is 18.9 Å². The molecule has 0 aromatic heterocycles. The molecule has 2 atom stereocenters. The van der Waals surface area contributed by atoms with Crippen molar-refractivity contribution in [3.8, 4) is 0 Å². The van der Waals surface area contributed by atoms with Crippen LogP contribution in [0, 0.1) is 6.92 Å². The van der Waals surface area contributed by atoms with Crippen molar-refractivity contribution in [3.63, 3.8) is 0 Å². The molecule has 1 fully saturated rings. The third-order valence-electron chi connectivity index (χ3n) is 3.36. The Labute approximate surface area is 101 Å². The third kappa shape index (κ3) is 2.13. The molecule has 4 nitrogen and oxygen atoms in total. The average Bonchev–Trinajstić information content (AvgIpc) is 2.65. The van der Waals surface area contributed by atoms with Crippen LogP contribution >= 0.6 is 0 Å². The van der Waals surface area contributed by atoms with Gasteiger partial charge in [-0.05, 0) is 26.0 Å². The largest absolute Gasteiger partial charge is 0.479 e. The zero-order chi connectivity index (χ0) is 12.5. The fourth-order valence-electron chi connectivity index (χ4n) is 2.14. The minimum absolute atomic E-state index is 0.332. The van der Waals surface area contributed by atoms with Crippen LogP contribution in [0.5, 0.6) is 0 Å². The highest BCUT2D eigenvalue weighted by Gasteiger charge is 2.48. The van der Waals surface area contributed by atoms with Gasteiger partial charge in [-0.1, -0.05) is 17.7 Å². The predicted octanol–water partition coefficient (Wildman–Crippen LogP) is 2.04. The van der Waals surface area contributed by atoms with E-state index in [2.05, 4.69) is 5.32 Å². The van der Waals surface area contributed by atoms with Crippen molar-refractivity contribution in [2.45, 2.75) is 31.9 Å². The predicted molar refractivity (Wildman–Crippen MR) is 65.2 cm³/mol. The van der Waals surface area contributed by atoms with Crippen molar-refractivity contribution < 1.29 is 14.6 Å². The fraction of sp³-hybridized carbons (Fsp3) is 0.462. The second kappa shape index (κ2) is 4.37. The van der Waals surface area contributed by atoms with Crippen molar-refractivity contribution in [2.24, 2.45) is 0 Å². The van der Waals surface area contributed by atoms with Gasteiger partial charge in [0.05, 0.1) is 6.10 Å². The second-order valence-corrected chi connectivity index (χ2v) is 4.53. The average molecular weight is 235 g/mol. The van der Waals surface area contributed by atoms with Crippen LogP contribution in [0.2, 0.25) is 0 Å². The van der Waals surface area contributed by atoms with Gasteiger partial charge < -0.3 is 15.2 Å². The summed E-state index contributed by atoms with van der Waals surface area (Å²) in [5, 5.41) is 12.5. The number of aliphatic carboxylic acids is 1. The minimum atomic E-state index is -1.00. The third-order valence-corrected chi connectivity index (χ3v) is 3.36. The summed E-state index contributed by atoms with van der Waals surface area (Å²) < 4.78 is 5.38. The van der Waals surface area contributed by atoms with Gasteiger partial charge in [-0.15, -0.1) is 0 Å². The molecule has 0 radical (unpaired) electrons. The number of ether oxygens (including phenoxy) is 1. The number of hydrogen-bond acceptors (Lipinski definition) is 3. The summed E-state index contributed by atoms with van der Waals surface area (Å²) in [5.74, 6) is -0.858. The van der Waals surface area contributed by atoms with Gasteiger partial charge in [0.2, 0.25) is 0 Å². The monoisotopic (exact) mass is 235 g/mol. The van der Waals surface area contributed by atoms with Crippen LogP contribution in [0.25, 0.3) is 0 Å². The summed E-state index contributed by atoms with van der Waals surface area (Å²) in [4.78, 5) is 11.5. The number of hydrogen-bond donors (Lipinski definition) is 2. The topological polar surface area (TPSA) is 58.6 Å². The summed E-state index contributed by atoms with van der Waals surface area (Å²) in [5.41, 5.74) is 0.959. The number of benzene rings is 1. The Hall–Kier alpha value is -1.55. The molecule has 0 spiro atoms. The lowest BCUT2D eigenvalue weighted by Gasteiger charge is -2.29. The molecule has 17 heavy (non-hydrogen) atoms. The van der Waals surface area contributed by atoms with Gasteiger partial charge in [0, 0.05) is 18.7 Å². The summed E-state index contributed by atoms with van der Waals surface area (Å²) >= 11 is 0. The molecule has 1 aliphatic heterocycles. The number of carbonyl (C=O) groups is 1. The molecule has 1 aromatic rings. The van der Waals surface area contributed by atoms with E-state index in [-0.39, 0.29) is 6.10 Å². The number of nitrogens with one attached hydrogen (secondary N) is 1. The van der Waals surface area contributed by atoms with Crippen LogP contribution in [-0.2, 0) is 9.53 Å². The van der Waals surface area contributed by atoms with Gasteiger partial charge >= 0.3 is 5.97 Å². The molecule has 4 heteroatoms. The highest BCUT2D eigenvalue weighted by molar-refractivity contribution is 5.84. The van der Waals surface area contributed by atoms with Crippen LogP contribution in [0.4, 0.5) is 5.69 Å². The lowest BCUT2D eigenvalue weighted by atomic mass is 9.91.